The zero-order valence-corrected chi connectivity index (χ0v) is 13.1. The molecule has 2 rings (SSSR count). The van der Waals surface area contributed by atoms with E-state index in [1.165, 1.54) is 43.0 Å². The minimum atomic E-state index is -0.709. The summed E-state index contributed by atoms with van der Waals surface area (Å²) < 4.78 is 19.2. The van der Waals surface area contributed by atoms with E-state index in [-0.39, 0.29) is 24.6 Å². The highest BCUT2D eigenvalue weighted by Crippen LogP contribution is 2.24. The first-order chi connectivity index (χ1) is 10.8. The largest absolute Gasteiger partial charge is 0.442 e. The van der Waals surface area contributed by atoms with Crippen molar-refractivity contribution in [2.45, 2.75) is 13.0 Å². The molecule has 8 heteroatoms. The highest BCUT2D eigenvalue weighted by Gasteiger charge is 2.33. The Bertz CT molecular complexity index is 648. The Morgan fingerprint density at radius 3 is 2.70 bits per heavy atom. The van der Waals surface area contributed by atoms with Gasteiger partial charge in [0.15, 0.2) is 0 Å². The molecule has 0 aliphatic carbocycles. The van der Waals surface area contributed by atoms with Crippen LogP contribution in [-0.2, 0) is 9.53 Å². The quantitative estimate of drug-likeness (QED) is 0.896. The van der Waals surface area contributed by atoms with E-state index in [1.807, 2.05) is 0 Å². The maximum Gasteiger partial charge on any atom is 0.414 e. The summed E-state index contributed by atoms with van der Waals surface area (Å²) in [5.41, 5.74) is 0.231. The first-order valence-electron chi connectivity index (χ1n) is 7.03. The van der Waals surface area contributed by atoms with Gasteiger partial charge in [-0.05, 0) is 18.2 Å². The minimum absolute atomic E-state index is 0.0684. The number of carbonyl (C=O) groups is 3. The molecule has 1 aliphatic rings. The number of nitrogens with zero attached hydrogens (tertiary/aromatic N) is 2. The highest BCUT2D eigenvalue weighted by molar-refractivity contribution is 5.95. The number of benzene rings is 1. The summed E-state index contributed by atoms with van der Waals surface area (Å²) in [4.78, 5) is 37.1. The number of halogens is 1. The third-order valence-electron chi connectivity index (χ3n) is 3.35. The number of hydrogen-bond donors (Lipinski definition) is 1. The number of nitrogens with one attached hydrogen (secondary N) is 1. The Kier molecular flexibility index (Phi) is 4.83. The molecule has 0 aromatic heterocycles. The van der Waals surface area contributed by atoms with Gasteiger partial charge in [-0.25, -0.2) is 9.18 Å². The molecule has 1 saturated heterocycles. The van der Waals surface area contributed by atoms with Gasteiger partial charge in [0.05, 0.1) is 24.3 Å². The Hall–Kier alpha value is -2.64. The molecule has 23 heavy (non-hydrogen) atoms. The number of amides is 3. The van der Waals surface area contributed by atoms with Gasteiger partial charge in [-0.15, -0.1) is 0 Å². The van der Waals surface area contributed by atoms with E-state index in [2.05, 4.69) is 5.32 Å². The Balaban J connectivity index is 2.13. The van der Waals surface area contributed by atoms with Gasteiger partial charge in [0.2, 0.25) is 5.91 Å². The lowest BCUT2D eigenvalue weighted by Crippen LogP contribution is -2.33. The number of cyclic esters (lactones) is 1. The van der Waals surface area contributed by atoms with E-state index >= 15 is 0 Å². The first-order valence-corrected chi connectivity index (χ1v) is 7.03. The molecule has 1 heterocycles. The molecule has 3 amide bonds. The van der Waals surface area contributed by atoms with Crippen LogP contribution in [0.4, 0.5) is 14.9 Å². The smallest absolute Gasteiger partial charge is 0.414 e. The standard InChI is InChI=1S/C15H18FN3O4/c1-9(20)17-7-11-8-19(15(22)23-11)10-4-5-12(13(16)6-10)14(21)18(2)3/h4-6,11H,7-8H2,1-3H3,(H,17,20)/t11-/m0/s1. The van der Waals surface area contributed by atoms with Gasteiger partial charge >= 0.3 is 6.09 Å². The predicted octanol–water partition coefficient (Wildman–Crippen LogP) is 0.989. The lowest BCUT2D eigenvalue weighted by molar-refractivity contribution is -0.119. The second-order valence-electron chi connectivity index (χ2n) is 5.42. The van der Waals surface area contributed by atoms with Crippen LogP contribution in [0.5, 0.6) is 0 Å². The van der Waals surface area contributed by atoms with Gasteiger partial charge in [0.1, 0.15) is 11.9 Å². The number of carbonyl (C=O) groups excluding carboxylic acids is 3. The molecular weight excluding hydrogens is 305 g/mol. The fraction of sp³-hybridized carbons (Fsp3) is 0.400. The molecule has 1 aromatic carbocycles. The molecule has 7 nitrogen and oxygen atoms in total. The van der Waals surface area contributed by atoms with Crippen LogP contribution in [-0.4, -0.2) is 56.1 Å². The molecule has 0 unspecified atom stereocenters. The lowest BCUT2D eigenvalue weighted by atomic mass is 10.1. The van der Waals surface area contributed by atoms with E-state index in [4.69, 9.17) is 4.74 Å². The van der Waals surface area contributed by atoms with Gasteiger partial charge in [-0.2, -0.15) is 0 Å². The highest BCUT2D eigenvalue weighted by atomic mass is 19.1. The summed E-state index contributed by atoms with van der Waals surface area (Å²) in [7, 11) is 3.06. The summed E-state index contributed by atoms with van der Waals surface area (Å²) in [6, 6.07) is 3.95. The Labute approximate surface area is 133 Å². The monoisotopic (exact) mass is 323 g/mol. The lowest BCUT2D eigenvalue weighted by Gasteiger charge is -2.15. The minimum Gasteiger partial charge on any atom is -0.442 e. The van der Waals surface area contributed by atoms with Crippen molar-refractivity contribution in [2.75, 3.05) is 32.1 Å². The van der Waals surface area contributed by atoms with Crippen LogP contribution in [0, 0.1) is 5.82 Å². The normalized spacial score (nSPS) is 17.0. The van der Waals surface area contributed by atoms with Gasteiger partial charge in [0, 0.05) is 21.0 Å². The van der Waals surface area contributed by atoms with Crippen LogP contribution in [0.3, 0.4) is 0 Å². The molecule has 124 valence electrons. The van der Waals surface area contributed by atoms with E-state index in [9.17, 15) is 18.8 Å². The molecule has 1 aliphatic heterocycles. The Morgan fingerprint density at radius 1 is 1.43 bits per heavy atom. The van der Waals surface area contributed by atoms with Crippen molar-refractivity contribution in [3.05, 3.63) is 29.6 Å². The SMILES string of the molecule is CC(=O)NC[C@H]1CN(c2ccc(C(=O)N(C)C)c(F)c2)C(=O)O1. The van der Waals surface area contributed by atoms with Crippen molar-refractivity contribution in [3.8, 4) is 0 Å². The third kappa shape index (κ3) is 3.77. The van der Waals surface area contributed by atoms with Gasteiger partial charge in [-0.1, -0.05) is 0 Å². The topological polar surface area (TPSA) is 79.0 Å². The van der Waals surface area contributed by atoms with Gasteiger partial charge in [0.25, 0.3) is 5.91 Å². The van der Waals surface area contributed by atoms with E-state index in [0.717, 1.165) is 6.07 Å². The Morgan fingerprint density at radius 2 is 2.13 bits per heavy atom. The summed E-state index contributed by atoms with van der Waals surface area (Å²) in [6.45, 7) is 1.75. The van der Waals surface area contributed by atoms with Crippen molar-refractivity contribution in [1.82, 2.24) is 10.2 Å². The fourth-order valence-corrected chi connectivity index (χ4v) is 2.18. The molecule has 0 radical (unpaired) electrons. The fourth-order valence-electron chi connectivity index (χ4n) is 2.18. The summed E-state index contributed by atoms with van der Waals surface area (Å²) in [5.74, 6) is -1.39. The molecule has 1 atom stereocenters. The molecule has 0 bridgehead atoms. The van der Waals surface area contributed by atoms with Crippen LogP contribution in [0.15, 0.2) is 18.2 Å². The first kappa shape index (κ1) is 16.7. The number of ether oxygens (including phenoxy) is 1. The number of hydrogen-bond acceptors (Lipinski definition) is 4. The van der Waals surface area contributed by atoms with Crippen LogP contribution < -0.4 is 10.2 Å². The van der Waals surface area contributed by atoms with Crippen molar-refractivity contribution in [2.24, 2.45) is 0 Å². The van der Waals surface area contributed by atoms with Crippen molar-refractivity contribution < 1.29 is 23.5 Å². The van der Waals surface area contributed by atoms with Crippen molar-refractivity contribution >= 4 is 23.6 Å². The third-order valence-corrected chi connectivity index (χ3v) is 3.35. The number of anilines is 1. The zero-order chi connectivity index (χ0) is 17.1. The van der Waals surface area contributed by atoms with Gasteiger partial charge in [-0.3, -0.25) is 14.5 Å². The second kappa shape index (κ2) is 6.64. The molecule has 0 saturated carbocycles. The maximum atomic E-state index is 14.1. The van der Waals surface area contributed by atoms with E-state index in [1.54, 1.807) is 0 Å². The summed E-state index contributed by atoms with van der Waals surface area (Å²) in [5, 5.41) is 2.56. The van der Waals surface area contributed by atoms with E-state index < -0.39 is 23.9 Å². The molecule has 0 spiro atoms. The van der Waals surface area contributed by atoms with Crippen molar-refractivity contribution in [1.29, 1.82) is 0 Å². The van der Waals surface area contributed by atoms with Crippen LogP contribution in [0.1, 0.15) is 17.3 Å². The molecule has 1 fully saturated rings. The summed E-state index contributed by atoms with van der Waals surface area (Å²) >= 11 is 0. The summed E-state index contributed by atoms with van der Waals surface area (Å²) in [6.07, 6.45) is -1.12. The second-order valence-corrected chi connectivity index (χ2v) is 5.42. The van der Waals surface area contributed by atoms with Crippen LogP contribution in [0.2, 0.25) is 0 Å². The average Bonchev–Trinajstić information content (AvgIpc) is 2.85. The average molecular weight is 323 g/mol. The number of rotatable bonds is 4. The van der Waals surface area contributed by atoms with Crippen LogP contribution in [0.25, 0.3) is 0 Å². The maximum absolute atomic E-state index is 14.1. The predicted molar refractivity (Wildman–Crippen MR) is 80.7 cm³/mol. The molecule has 1 N–H and O–H groups in total. The van der Waals surface area contributed by atoms with Gasteiger partial charge < -0.3 is 15.0 Å². The van der Waals surface area contributed by atoms with E-state index in [0.29, 0.717) is 5.69 Å². The van der Waals surface area contributed by atoms with Crippen molar-refractivity contribution in [3.63, 3.8) is 0 Å². The molecular formula is C15H18FN3O4. The van der Waals surface area contributed by atoms with Crippen LogP contribution >= 0.6 is 0 Å². The molecule has 1 aromatic rings. The zero-order valence-electron chi connectivity index (χ0n) is 13.1.